The van der Waals surface area contributed by atoms with E-state index in [2.05, 4.69) is 17.4 Å². The maximum Gasteiger partial charge on any atom is 0.317 e. The van der Waals surface area contributed by atoms with Gasteiger partial charge in [-0.2, -0.15) is 0 Å². The molecule has 0 spiro atoms. The highest BCUT2D eigenvalue weighted by Gasteiger charge is 2.27. The minimum Gasteiger partial charge on any atom is -0.393 e. The van der Waals surface area contributed by atoms with Gasteiger partial charge in [-0.15, -0.1) is 0 Å². The third-order valence-corrected chi connectivity index (χ3v) is 4.81. The van der Waals surface area contributed by atoms with Crippen LogP contribution in [0.5, 0.6) is 0 Å². The average molecular weight is 347 g/mol. The van der Waals surface area contributed by atoms with E-state index in [1.54, 1.807) is 19.0 Å². The average Bonchev–Trinajstić information content (AvgIpc) is 2.64. The van der Waals surface area contributed by atoms with Crippen LogP contribution < -0.4 is 5.32 Å². The third-order valence-electron chi connectivity index (χ3n) is 4.81. The number of benzene rings is 1. The first kappa shape index (κ1) is 19.2. The van der Waals surface area contributed by atoms with Crippen LogP contribution in [0, 0.1) is 5.92 Å². The highest BCUT2D eigenvalue weighted by atomic mass is 16.3. The van der Waals surface area contributed by atoms with Crippen LogP contribution in [0.25, 0.3) is 0 Å². The number of aryl methyl sites for hydroxylation is 1. The zero-order valence-corrected chi connectivity index (χ0v) is 15.1. The summed E-state index contributed by atoms with van der Waals surface area (Å²) in [5.74, 6) is 0.177. The van der Waals surface area contributed by atoms with Crippen molar-refractivity contribution in [3.63, 3.8) is 0 Å². The van der Waals surface area contributed by atoms with Crippen LogP contribution in [0.2, 0.25) is 0 Å². The Morgan fingerprint density at radius 3 is 2.48 bits per heavy atom. The largest absolute Gasteiger partial charge is 0.393 e. The van der Waals surface area contributed by atoms with Gasteiger partial charge in [-0.25, -0.2) is 4.79 Å². The second-order valence-corrected chi connectivity index (χ2v) is 6.86. The van der Waals surface area contributed by atoms with E-state index in [1.165, 1.54) is 10.5 Å². The third kappa shape index (κ3) is 6.05. The second kappa shape index (κ2) is 9.42. The first-order valence-corrected chi connectivity index (χ1v) is 8.92. The number of amides is 3. The first-order chi connectivity index (χ1) is 12.0. The minimum absolute atomic E-state index is 0.0260. The fourth-order valence-corrected chi connectivity index (χ4v) is 3.15. The summed E-state index contributed by atoms with van der Waals surface area (Å²) in [6, 6.07) is 9.92. The van der Waals surface area contributed by atoms with Crippen molar-refractivity contribution in [3.05, 3.63) is 35.9 Å². The molecule has 0 aromatic heterocycles. The second-order valence-electron chi connectivity index (χ2n) is 6.86. The lowest BCUT2D eigenvalue weighted by molar-refractivity contribution is -0.132. The van der Waals surface area contributed by atoms with E-state index in [1.807, 2.05) is 18.2 Å². The fraction of sp³-hybridized carbons (Fsp3) is 0.579. The van der Waals surface area contributed by atoms with Crippen LogP contribution in [0.15, 0.2) is 30.3 Å². The van der Waals surface area contributed by atoms with Gasteiger partial charge in [0.25, 0.3) is 0 Å². The molecular weight excluding hydrogens is 318 g/mol. The predicted molar refractivity (Wildman–Crippen MR) is 97.2 cm³/mol. The Kier molecular flexibility index (Phi) is 7.25. The lowest BCUT2D eigenvalue weighted by atomic mass is 9.88. The number of aliphatic hydroxyl groups excluding tert-OH is 1. The van der Waals surface area contributed by atoms with Crippen molar-refractivity contribution < 1.29 is 14.7 Å². The molecule has 6 nitrogen and oxygen atoms in total. The molecule has 0 radical (unpaired) electrons. The van der Waals surface area contributed by atoms with E-state index < -0.39 is 0 Å². The van der Waals surface area contributed by atoms with Gasteiger partial charge >= 0.3 is 6.03 Å². The van der Waals surface area contributed by atoms with Gasteiger partial charge in [0, 0.05) is 27.2 Å². The number of piperidine rings is 1. The molecule has 0 bridgehead atoms. The van der Waals surface area contributed by atoms with Crippen LogP contribution >= 0.6 is 0 Å². The van der Waals surface area contributed by atoms with E-state index in [0.717, 1.165) is 25.7 Å². The molecule has 1 aromatic carbocycles. The molecule has 6 heteroatoms. The number of hydrogen-bond donors (Lipinski definition) is 2. The number of aliphatic hydroxyl groups is 1. The fourth-order valence-electron chi connectivity index (χ4n) is 3.15. The number of likely N-dealkylation sites (tertiary alicyclic amines) is 1. The predicted octanol–water partition coefficient (Wildman–Crippen LogP) is 1.49. The standard InChI is InChI=1S/C19H29N3O3/c1-21(2)19(25)20-14-18(24)22-12-10-16(11-13-22)17(23)9-8-15-6-4-3-5-7-15/h3-7,16-17,23H,8-14H2,1-2H3,(H,20,25)/t17-/m1/s1. The Bertz CT molecular complexity index is 554. The lowest BCUT2D eigenvalue weighted by Crippen LogP contribution is -2.47. The van der Waals surface area contributed by atoms with Gasteiger partial charge in [-0.05, 0) is 37.2 Å². The molecule has 1 aliphatic rings. The Morgan fingerprint density at radius 1 is 1.24 bits per heavy atom. The summed E-state index contributed by atoms with van der Waals surface area (Å²) in [4.78, 5) is 26.8. The van der Waals surface area contributed by atoms with Crippen LogP contribution in [-0.4, -0.2) is 66.7 Å². The number of carbonyl (C=O) groups excluding carboxylic acids is 2. The molecule has 0 aliphatic carbocycles. The quantitative estimate of drug-likeness (QED) is 0.819. The molecule has 25 heavy (non-hydrogen) atoms. The van der Waals surface area contributed by atoms with Gasteiger partial charge in [0.05, 0.1) is 12.6 Å². The maximum atomic E-state index is 12.1. The van der Waals surface area contributed by atoms with E-state index in [4.69, 9.17) is 0 Å². The van der Waals surface area contributed by atoms with Crippen molar-refractivity contribution in [1.29, 1.82) is 0 Å². The molecule has 138 valence electrons. The summed E-state index contributed by atoms with van der Waals surface area (Å²) in [7, 11) is 3.28. The van der Waals surface area contributed by atoms with Crippen LogP contribution in [0.4, 0.5) is 4.79 Å². The Morgan fingerprint density at radius 2 is 1.88 bits per heavy atom. The number of rotatable bonds is 6. The van der Waals surface area contributed by atoms with Gasteiger partial charge < -0.3 is 20.2 Å². The number of hydrogen-bond acceptors (Lipinski definition) is 3. The highest BCUT2D eigenvalue weighted by Crippen LogP contribution is 2.23. The molecule has 1 fully saturated rings. The minimum atomic E-state index is -0.328. The van der Waals surface area contributed by atoms with E-state index in [-0.39, 0.29) is 30.5 Å². The summed E-state index contributed by atoms with van der Waals surface area (Å²) < 4.78 is 0. The summed E-state index contributed by atoms with van der Waals surface area (Å²) >= 11 is 0. The van der Waals surface area contributed by atoms with Gasteiger partial charge in [0.15, 0.2) is 0 Å². The number of nitrogens with zero attached hydrogens (tertiary/aromatic N) is 2. The van der Waals surface area contributed by atoms with E-state index in [9.17, 15) is 14.7 Å². The molecule has 1 aromatic rings. The van der Waals surface area contributed by atoms with E-state index in [0.29, 0.717) is 13.1 Å². The summed E-state index contributed by atoms with van der Waals surface area (Å²) in [6.45, 7) is 1.31. The Hall–Kier alpha value is -2.08. The van der Waals surface area contributed by atoms with Crippen LogP contribution in [0.1, 0.15) is 24.8 Å². The monoisotopic (exact) mass is 347 g/mol. The topological polar surface area (TPSA) is 72.9 Å². The lowest BCUT2D eigenvalue weighted by Gasteiger charge is -2.34. The van der Waals surface area contributed by atoms with Gasteiger partial charge in [0.1, 0.15) is 0 Å². The van der Waals surface area contributed by atoms with Crippen molar-refractivity contribution in [3.8, 4) is 0 Å². The number of urea groups is 1. The SMILES string of the molecule is CN(C)C(=O)NCC(=O)N1CCC([C@H](O)CCc2ccccc2)CC1. The zero-order valence-electron chi connectivity index (χ0n) is 15.1. The molecule has 0 saturated carbocycles. The normalized spacial score (nSPS) is 16.4. The summed E-state index contributed by atoms with van der Waals surface area (Å²) in [6.07, 6.45) is 2.91. The van der Waals surface area contributed by atoms with Crippen molar-refractivity contribution in [2.24, 2.45) is 5.92 Å². The molecule has 2 rings (SSSR count). The van der Waals surface area contributed by atoms with Crippen molar-refractivity contribution in [2.75, 3.05) is 33.7 Å². The smallest absolute Gasteiger partial charge is 0.317 e. The molecule has 1 heterocycles. The Labute approximate surface area is 149 Å². The van der Waals surface area contributed by atoms with E-state index >= 15 is 0 Å². The van der Waals surface area contributed by atoms with Crippen LogP contribution in [-0.2, 0) is 11.2 Å². The van der Waals surface area contributed by atoms with Crippen molar-refractivity contribution in [1.82, 2.24) is 15.1 Å². The van der Waals surface area contributed by atoms with Gasteiger partial charge in [-0.1, -0.05) is 30.3 Å². The number of carbonyl (C=O) groups is 2. The van der Waals surface area contributed by atoms with Gasteiger partial charge in [0.2, 0.25) is 5.91 Å². The first-order valence-electron chi connectivity index (χ1n) is 8.92. The van der Waals surface area contributed by atoms with Gasteiger partial charge in [-0.3, -0.25) is 4.79 Å². The molecule has 1 saturated heterocycles. The highest BCUT2D eigenvalue weighted by molar-refractivity contribution is 5.83. The summed E-state index contributed by atoms with van der Waals surface area (Å²) in [5.41, 5.74) is 1.24. The Balaban J connectivity index is 1.69. The molecule has 2 N–H and O–H groups in total. The maximum absolute atomic E-state index is 12.1. The molecule has 3 amide bonds. The molecular formula is C19H29N3O3. The van der Waals surface area contributed by atoms with Crippen LogP contribution in [0.3, 0.4) is 0 Å². The molecule has 0 unspecified atom stereocenters. The summed E-state index contributed by atoms with van der Waals surface area (Å²) in [5, 5.41) is 13.0. The number of nitrogens with one attached hydrogen (secondary N) is 1. The molecule has 1 aliphatic heterocycles. The molecule has 1 atom stereocenters. The zero-order chi connectivity index (χ0) is 18.2. The van der Waals surface area contributed by atoms with Crippen molar-refractivity contribution in [2.45, 2.75) is 31.8 Å². The van der Waals surface area contributed by atoms with Crippen molar-refractivity contribution >= 4 is 11.9 Å².